The van der Waals surface area contributed by atoms with Gasteiger partial charge in [0.1, 0.15) is 5.82 Å². The van der Waals surface area contributed by atoms with Crippen molar-refractivity contribution in [2.24, 2.45) is 5.92 Å². The number of carbonyl (C=O) groups excluding carboxylic acids is 2. The molecule has 1 aliphatic rings. The highest BCUT2D eigenvalue weighted by Gasteiger charge is 2.42. The number of sulfonamides is 1. The molecular weight excluding hydrogens is 383 g/mol. The number of carbonyl (C=O) groups is 2. The van der Waals surface area contributed by atoms with Crippen molar-refractivity contribution in [1.29, 1.82) is 0 Å². The third-order valence-electron chi connectivity index (χ3n) is 3.88. The molecule has 1 saturated heterocycles. The van der Waals surface area contributed by atoms with Crippen LogP contribution in [-0.4, -0.2) is 26.0 Å². The fourth-order valence-electron chi connectivity index (χ4n) is 2.64. The molecule has 2 aromatic rings. The highest BCUT2D eigenvalue weighted by Crippen LogP contribution is 2.29. The predicted molar refractivity (Wildman–Crippen MR) is 96.2 cm³/mol. The minimum absolute atomic E-state index is 0.101. The summed E-state index contributed by atoms with van der Waals surface area (Å²) in [5.74, 6) is -2.60. The Morgan fingerprint density at radius 2 is 2.00 bits per heavy atom. The summed E-state index contributed by atoms with van der Waals surface area (Å²) < 4.78 is 38.3. The smallest absolute Gasteiger partial charge is 0.255 e. The summed E-state index contributed by atoms with van der Waals surface area (Å²) in [6.07, 6.45) is 0. The molecule has 1 aliphatic heterocycles. The maximum absolute atomic E-state index is 13.2. The molecule has 2 amide bonds. The number of benzene rings is 2. The van der Waals surface area contributed by atoms with E-state index in [1.165, 1.54) is 43.3 Å². The average Bonchev–Trinajstić information content (AvgIpc) is 2.78. The highest BCUT2D eigenvalue weighted by atomic mass is 35.5. The van der Waals surface area contributed by atoms with Gasteiger partial charge in [0.15, 0.2) is 0 Å². The largest absolute Gasteiger partial charge is 0.322 e. The lowest BCUT2D eigenvalue weighted by atomic mass is 10.1. The lowest BCUT2D eigenvalue weighted by molar-refractivity contribution is -0.119. The average molecular weight is 397 g/mol. The molecule has 1 atom stereocenters. The number of hydrogen-bond donors (Lipinski definition) is 1. The second kappa shape index (κ2) is 6.69. The highest BCUT2D eigenvalue weighted by molar-refractivity contribution is 7.94. The molecule has 1 N–H and O–H groups in total. The van der Waals surface area contributed by atoms with E-state index in [1.807, 2.05) is 0 Å². The summed E-state index contributed by atoms with van der Waals surface area (Å²) in [6, 6.07) is 9.43. The van der Waals surface area contributed by atoms with E-state index in [-0.39, 0.29) is 27.7 Å². The molecule has 3 rings (SSSR count). The molecule has 2 aromatic carbocycles. The van der Waals surface area contributed by atoms with Gasteiger partial charge in [-0.05, 0) is 36.4 Å². The third kappa shape index (κ3) is 3.42. The van der Waals surface area contributed by atoms with E-state index in [4.69, 9.17) is 11.6 Å². The Morgan fingerprint density at radius 1 is 1.27 bits per heavy atom. The molecule has 6 nitrogen and oxygen atoms in total. The van der Waals surface area contributed by atoms with E-state index >= 15 is 0 Å². The van der Waals surface area contributed by atoms with Gasteiger partial charge >= 0.3 is 0 Å². The second-order valence-corrected chi connectivity index (χ2v) is 8.19. The summed E-state index contributed by atoms with van der Waals surface area (Å²) in [7, 11) is -3.76. The minimum atomic E-state index is -3.76. The van der Waals surface area contributed by atoms with E-state index in [0.717, 1.165) is 10.4 Å². The molecular formula is C17H14ClFN2O4S. The zero-order chi connectivity index (χ0) is 19.1. The first kappa shape index (κ1) is 18.3. The molecule has 0 spiro atoms. The molecule has 0 aromatic heterocycles. The number of halogens is 2. The van der Waals surface area contributed by atoms with E-state index < -0.39 is 33.6 Å². The Balaban J connectivity index is 1.88. The van der Waals surface area contributed by atoms with Crippen LogP contribution in [0.2, 0.25) is 5.02 Å². The van der Waals surface area contributed by atoms with Gasteiger partial charge in [0.25, 0.3) is 5.91 Å². The van der Waals surface area contributed by atoms with Crippen molar-refractivity contribution in [3.8, 4) is 0 Å². The Hall–Kier alpha value is -2.45. The summed E-state index contributed by atoms with van der Waals surface area (Å²) in [5, 5.41) is 2.40. The Bertz CT molecular complexity index is 1010. The van der Waals surface area contributed by atoms with E-state index in [1.54, 1.807) is 0 Å². The van der Waals surface area contributed by atoms with Crippen molar-refractivity contribution in [1.82, 2.24) is 0 Å². The number of hydrogen-bond acceptors (Lipinski definition) is 4. The minimum Gasteiger partial charge on any atom is -0.322 e. The van der Waals surface area contributed by atoms with Crippen LogP contribution >= 0.6 is 11.6 Å². The maximum atomic E-state index is 13.2. The van der Waals surface area contributed by atoms with Gasteiger partial charge in [-0.15, -0.1) is 0 Å². The van der Waals surface area contributed by atoms with E-state index in [9.17, 15) is 22.4 Å². The lowest BCUT2D eigenvalue weighted by Gasteiger charge is -2.16. The van der Waals surface area contributed by atoms with Crippen LogP contribution in [0, 0.1) is 11.7 Å². The molecule has 0 bridgehead atoms. The second-order valence-electron chi connectivity index (χ2n) is 5.92. The van der Waals surface area contributed by atoms with Gasteiger partial charge in [0.05, 0.1) is 22.4 Å². The van der Waals surface area contributed by atoms with Gasteiger partial charge in [0, 0.05) is 11.3 Å². The van der Waals surface area contributed by atoms with Crippen molar-refractivity contribution >= 4 is 44.8 Å². The van der Waals surface area contributed by atoms with Gasteiger partial charge in [-0.3, -0.25) is 9.59 Å². The van der Waals surface area contributed by atoms with Gasteiger partial charge in [0.2, 0.25) is 15.9 Å². The standard InChI is InChI=1S/C17H14ClFN2O4S/c1-10-9-26(24,25)21(17(10)23)13-4-2-3-11(7-13)16(22)20-12-5-6-15(19)14(18)8-12/h2-8,10H,9H2,1H3,(H,20,22). The van der Waals surface area contributed by atoms with E-state index in [0.29, 0.717) is 0 Å². The third-order valence-corrected chi connectivity index (χ3v) is 6.04. The van der Waals surface area contributed by atoms with Crippen molar-refractivity contribution < 1.29 is 22.4 Å². The Labute approximate surface area is 154 Å². The molecule has 136 valence electrons. The lowest BCUT2D eigenvalue weighted by Crippen LogP contribution is -2.30. The van der Waals surface area contributed by atoms with Gasteiger partial charge < -0.3 is 5.32 Å². The van der Waals surface area contributed by atoms with Crippen LogP contribution in [0.4, 0.5) is 15.8 Å². The number of nitrogens with one attached hydrogen (secondary N) is 1. The van der Waals surface area contributed by atoms with Crippen LogP contribution in [0.25, 0.3) is 0 Å². The van der Waals surface area contributed by atoms with Gasteiger partial charge in [-0.25, -0.2) is 17.1 Å². The number of amides is 2. The normalized spacial score (nSPS) is 18.8. The summed E-state index contributed by atoms with van der Waals surface area (Å²) in [6.45, 7) is 1.54. The predicted octanol–water partition coefficient (Wildman–Crippen LogP) is 3.04. The monoisotopic (exact) mass is 396 g/mol. The summed E-state index contributed by atoms with van der Waals surface area (Å²) >= 11 is 5.68. The van der Waals surface area contributed by atoms with Crippen LogP contribution in [0.15, 0.2) is 42.5 Å². The first-order chi connectivity index (χ1) is 12.2. The SMILES string of the molecule is CC1CS(=O)(=O)N(c2cccc(C(=O)Nc3ccc(F)c(Cl)c3)c2)C1=O. The number of nitrogens with zero attached hydrogens (tertiary/aromatic N) is 1. The zero-order valence-electron chi connectivity index (χ0n) is 13.6. The van der Waals surface area contributed by atoms with E-state index in [2.05, 4.69) is 5.32 Å². The molecule has 26 heavy (non-hydrogen) atoms. The molecule has 1 heterocycles. The van der Waals surface area contributed by atoms with Crippen LogP contribution in [-0.2, 0) is 14.8 Å². The van der Waals surface area contributed by atoms with Crippen molar-refractivity contribution in [2.45, 2.75) is 6.92 Å². The molecule has 0 saturated carbocycles. The number of rotatable bonds is 3. The Morgan fingerprint density at radius 3 is 2.62 bits per heavy atom. The molecule has 0 radical (unpaired) electrons. The fourth-order valence-corrected chi connectivity index (χ4v) is 4.63. The molecule has 1 fully saturated rings. The molecule has 1 unspecified atom stereocenters. The van der Waals surface area contributed by atoms with Gasteiger partial charge in [-0.2, -0.15) is 0 Å². The van der Waals surface area contributed by atoms with Crippen LogP contribution in [0.1, 0.15) is 17.3 Å². The zero-order valence-corrected chi connectivity index (χ0v) is 15.1. The van der Waals surface area contributed by atoms with Gasteiger partial charge in [-0.1, -0.05) is 24.6 Å². The van der Waals surface area contributed by atoms with Crippen molar-refractivity contribution in [3.63, 3.8) is 0 Å². The first-order valence-corrected chi connectivity index (χ1v) is 9.61. The van der Waals surface area contributed by atoms with Crippen LogP contribution < -0.4 is 9.62 Å². The van der Waals surface area contributed by atoms with Crippen LogP contribution in [0.5, 0.6) is 0 Å². The van der Waals surface area contributed by atoms with Crippen molar-refractivity contribution in [2.75, 3.05) is 15.4 Å². The van der Waals surface area contributed by atoms with Crippen LogP contribution in [0.3, 0.4) is 0 Å². The Kier molecular flexibility index (Phi) is 4.72. The summed E-state index contributed by atoms with van der Waals surface area (Å²) in [5.41, 5.74) is 0.528. The maximum Gasteiger partial charge on any atom is 0.255 e. The fraction of sp³-hybridized carbons (Fsp3) is 0.176. The topological polar surface area (TPSA) is 83.6 Å². The van der Waals surface area contributed by atoms with Crippen molar-refractivity contribution in [3.05, 3.63) is 58.9 Å². The first-order valence-electron chi connectivity index (χ1n) is 7.62. The number of anilines is 2. The molecule has 9 heteroatoms. The molecule has 0 aliphatic carbocycles. The quantitative estimate of drug-likeness (QED) is 0.864. The summed E-state index contributed by atoms with van der Waals surface area (Å²) in [4.78, 5) is 24.5.